The highest BCUT2D eigenvalue weighted by atomic mass is 19.1. The first-order valence-electron chi connectivity index (χ1n) is 8.72. The maximum Gasteiger partial charge on any atom is 0.326 e. The van der Waals surface area contributed by atoms with Crippen molar-refractivity contribution in [3.8, 4) is 0 Å². The van der Waals surface area contributed by atoms with Gasteiger partial charge in [0.1, 0.15) is 5.82 Å². The van der Waals surface area contributed by atoms with Crippen LogP contribution in [0.3, 0.4) is 0 Å². The van der Waals surface area contributed by atoms with Crippen molar-refractivity contribution in [2.75, 3.05) is 5.32 Å². The van der Waals surface area contributed by atoms with E-state index < -0.39 is 6.04 Å². The molecule has 134 valence electrons. The summed E-state index contributed by atoms with van der Waals surface area (Å²) in [5.41, 5.74) is 2.56. The van der Waals surface area contributed by atoms with E-state index in [0.717, 1.165) is 29.7 Å². The van der Waals surface area contributed by atoms with Crippen LogP contribution in [0.5, 0.6) is 0 Å². The summed E-state index contributed by atoms with van der Waals surface area (Å²) in [4.78, 5) is 26.2. The van der Waals surface area contributed by atoms with E-state index in [2.05, 4.69) is 12.2 Å². The summed E-state index contributed by atoms with van der Waals surface area (Å²) in [7, 11) is 0. The minimum absolute atomic E-state index is 0.0604. The first kappa shape index (κ1) is 17.9. The van der Waals surface area contributed by atoms with Gasteiger partial charge < -0.3 is 5.32 Å². The molecule has 0 saturated carbocycles. The van der Waals surface area contributed by atoms with Crippen molar-refractivity contribution in [3.63, 3.8) is 0 Å². The second-order valence-electron chi connectivity index (χ2n) is 6.30. The van der Waals surface area contributed by atoms with Gasteiger partial charge in [0.25, 0.3) is 0 Å². The van der Waals surface area contributed by atoms with Crippen LogP contribution in [0.25, 0.3) is 0 Å². The molecule has 2 aromatic rings. The molecular formula is C21H21FN2O2. The number of allylic oxidation sites excluding steroid dienone is 1. The van der Waals surface area contributed by atoms with Crippen LogP contribution in [0.4, 0.5) is 14.9 Å². The Morgan fingerprint density at radius 2 is 1.92 bits per heavy atom. The number of anilines is 1. The van der Waals surface area contributed by atoms with Crippen molar-refractivity contribution in [1.82, 2.24) is 4.90 Å². The van der Waals surface area contributed by atoms with Crippen molar-refractivity contribution in [3.05, 3.63) is 77.8 Å². The van der Waals surface area contributed by atoms with Gasteiger partial charge in [0.2, 0.25) is 0 Å². The Labute approximate surface area is 152 Å². The molecule has 0 bridgehead atoms. The van der Waals surface area contributed by atoms with Gasteiger partial charge >= 0.3 is 6.03 Å². The molecule has 0 fully saturated rings. The van der Waals surface area contributed by atoms with Crippen LogP contribution in [0, 0.1) is 5.82 Å². The van der Waals surface area contributed by atoms with E-state index in [1.807, 2.05) is 24.3 Å². The average molecular weight is 352 g/mol. The fraction of sp³-hybridized carbons (Fsp3) is 0.238. The summed E-state index contributed by atoms with van der Waals surface area (Å²) < 4.78 is 13.2. The van der Waals surface area contributed by atoms with E-state index in [1.54, 1.807) is 12.1 Å². The number of hydrogen-bond acceptors (Lipinski definition) is 2. The standard InChI is InChI=1S/C21H21FN2O2/c1-2-5-15-6-3-4-7-19(15)23-21(26)24-13-12-18(25)14-20(24)16-8-10-17(22)11-9-16/h3-4,6-13,20H,2,5,14H2,1H3,(H,23,26)/t20-/m0/s1. The predicted octanol–water partition coefficient (Wildman–Crippen LogP) is 4.84. The van der Waals surface area contributed by atoms with Crippen LogP contribution in [-0.2, 0) is 11.2 Å². The third-order valence-corrected chi connectivity index (χ3v) is 4.42. The molecular weight excluding hydrogens is 331 g/mol. The Kier molecular flexibility index (Phi) is 5.46. The lowest BCUT2D eigenvalue weighted by Crippen LogP contribution is -2.37. The van der Waals surface area contributed by atoms with Crippen LogP contribution in [0.15, 0.2) is 60.8 Å². The Morgan fingerprint density at radius 1 is 1.19 bits per heavy atom. The van der Waals surface area contributed by atoms with Gasteiger partial charge in [-0.05, 0) is 41.8 Å². The zero-order valence-corrected chi connectivity index (χ0v) is 14.6. The number of hydrogen-bond donors (Lipinski definition) is 1. The number of para-hydroxylation sites is 1. The molecule has 0 spiro atoms. The fourth-order valence-corrected chi connectivity index (χ4v) is 3.11. The molecule has 0 radical (unpaired) electrons. The largest absolute Gasteiger partial charge is 0.326 e. The monoisotopic (exact) mass is 352 g/mol. The molecule has 26 heavy (non-hydrogen) atoms. The number of ketones is 1. The lowest BCUT2D eigenvalue weighted by atomic mass is 9.97. The normalized spacial score (nSPS) is 16.6. The average Bonchev–Trinajstić information content (AvgIpc) is 2.64. The SMILES string of the molecule is CCCc1ccccc1NC(=O)N1C=CC(=O)C[C@H]1c1ccc(F)cc1. The van der Waals surface area contributed by atoms with Crippen LogP contribution < -0.4 is 5.32 Å². The van der Waals surface area contributed by atoms with Crippen molar-refractivity contribution in [2.24, 2.45) is 0 Å². The Bertz CT molecular complexity index is 830. The van der Waals surface area contributed by atoms with Gasteiger partial charge in [-0.1, -0.05) is 43.7 Å². The Hall–Kier alpha value is -2.95. The summed E-state index contributed by atoms with van der Waals surface area (Å²) in [6.45, 7) is 2.09. The minimum Gasteiger partial charge on any atom is -0.307 e. The van der Waals surface area contributed by atoms with E-state index in [-0.39, 0.29) is 24.1 Å². The highest BCUT2D eigenvalue weighted by Gasteiger charge is 2.29. The Balaban J connectivity index is 1.85. The zero-order valence-electron chi connectivity index (χ0n) is 14.6. The molecule has 2 amide bonds. The molecule has 0 unspecified atom stereocenters. The van der Waals surface area contributed by atoms with Crippen molar-refractivity contribution < 1.29 is 14.0 Å². The van der Waals surface area contributed by atoms with Crippen LogP contribution in [0.1, 0.15) is 36.9 Å². The number of halogens is 1. The Morgan fingerprint density at radius 3 is 2.65 bits per heavy atom. The number of carbonyl (C=O) groups excluding carboxylic acids is 2. The number of urea groups is 1. The van der Waals surface area contributed by atoms with Gasteiger partial charge in [0.05, 0.1) is 6.04 Å². The summed E-state index contributed by atoms with van der Waals surface area (Å²) in [5, 5.41) is 2.94. The van der Waals surface area contributed by atoms with Gasteiger partial charge in [-0.15, -0.1) is 0 Å². The second-order valence-corrected chi connectivity index (χ2v) is 6.30. The molecule has 0 aromatic heterocycles. The molecule has 1 aliphatic heterocycles. The fourth-order valence-electron chi connectivity index (χ4n) is 3.11. The van der Waals surface area contributed by atoms with E-state index in [9.17, 15) is 14.0 Å². The van der Waals surface area contributed by atoms with Gasteiger partial charge in [-0.25, -0.2) is 9.18 Å². The third kappa shape index (κ3) is 3.99. The molecule has 1 aliphatic rings. The second kappa shape index (κ2) is 7.95. The molecule has 5 heteroatoms. The van der Waals surface area contributed by atoms with Crippen molar-refractivity contribution in [1.29, 1.82) is 0 Å². The molecule has 1 heterocycles. The third-order valence-electron chi connectivity index (χ3n) is 4.42. The number of amides is 2. The quantitative estimate of drug-likeness (QED) is 0.856. The maximum atomic E-state index is 13.2. The molecule has 3 rings (SSSR count). The van der Waals surface area contributed by atoms with Gasteiger partial charge in [-0.3, -0.25) is 9.69 Å². The lowest BCUT2D eigenvalue weighted by Gasteiger charge is -2.31. The number of aryl methyl sites for hydroxylation is 1. The number of rotatable bonds is 4. The summed E-state index contributed by atoms with van der Waals surface area (Å²) >= 11 is 0. The zero-order chi connectivity index (χ0) is 18.5. The molecule has 1 N–H and O–H groups in total. The molecule has 0 saturated heterocycles. The highest BCUT2D eigenvalue weighted by Crippen LogP contribution is 2.29. The first-order chi connectivity index (χ1) is 12.6. The van der Waals surface area contributed by atoms with Crippen LogP contribution >= 0.6 is 0 Å². The predicted molar refractivity (Wildman–Crippen MR) is 99.2 cm³/mol. The highest BCUT2D eigenvalue weighted by molar-refractivity contribution is 5.96. The first-order valence-corrected chi connectivity index (χ1v) is 8.72. The number of benzene rings is 2. The maximum absolute atomic E-state index is 13.2. The summed E-state index contributed by atoms with van der Waals surface area (Å²) in [5.74, 6) is -0.411. The van der Waals surface area contributed by atoms with E-state index in [4.69, 9.17) is 0 Å². The number of nitrogens with one attached hydrogen (secondary N) is 1. The van der Waals surface area contributed by atoms with Gasteiger partial charge in [0.15, 0.2) is 5.78 Å². The topological polar surface area (TPSA) is 49.4 Å². The van der Waals surface area contributed by atoms with Gasteiger partial charge in [-0.2, -0.15) is 0 Å². The van der Waals surface area contributed by atoms with E-state index in [0.29, 0.717) is 0 Å². The molecule has 2 aromatic carbocycles. The number of nitrogens with zero attached hydrogens (tertiary/aromatic N) is 1. The van der Waals surface area contributed by atoms with Crippen LogP contribution in [0.2, 0.25) is 0 Å². The summed E-state index contributed by atoms with van der Waals surface area (Å²) in [6.07, 6.45) is 4.91. The lowest BCUT2D eigenvalue weighted by molar-refractivity contribution is -0.116. The molecule has 0 aliphatic carbocycles. The van der Waals surface area contributed by atoms with Crippen molar-refractivity contribution in [2.45, 2.75) is 32.2 Å². The molecule has 1 atom stereocenters. The van der Waals surface area contributed by atoms with E-state index >= 15 is 0 Å². The molecule has 4 nitrogen and oxygen atoms in total. The van der Waals surface area contributed by atoms with Gasteiger partial charge in [0, 0.05) is 18.3 Å². The van der Waals surface area contributed by atoms with Crippen LogP contribution in [-0.4, -0.2) is 16.7 Å². The smallest absolute Gasteiger partial charge is 0.307 e. The van der Waals surface area contributed by atoms with Crippen molar-refractivity contribution >= 4 is 17.5 Å². The minimum atomic E-state index is -0.452. The summed E-state index contributed by atoms with van der Waals surface area (Å²) in [6, 6.07) is 12.8. The number of carbonyl (C=O) groups is 2. The van der Waals surface area contributed by atoms with E-state index in [1.165, 1.54) is 29.3 Å².